The number of para-hydroxylation sites is 1. The highest BCUT2D eigenvalue weighted by Crippen LogP contribution is 2.21. The number of H-pyrrole nitrogens is 1. The molecular weight excluding hydrogens is 224 g/mol. The van der Waals surface area contributed by atoms with E-state index in [-0.39, 0.29) is 0 Å². The number of likely N-dealkylation sites (tertiary alicyclic amines) is 1. The molecular formula is C15H20N2O. The van der Waals surface area contributed by atoms with Crippen LogP contribution < -0.4 is 0 Å². The molecule has 3 nitrogen and oxygen atoms in total. The van der Waals surface area contributed by atoms with Gasteiger partial charge in [-0.3, -0.25) is 4.90 Å². The summed E-state index contributed by atoms with van der Waals surface area (Å²) in [7, 11) is 0. The van der Waals surface area contributed by atoms with E-state index in [2.05, 4.69) is 40.3 Å². The van der Waals surface area contributed by atoms with Gasteiger partial charge in [-0.25, -0.2) is 0 Å². The third-order valence-electron chi connectivity index (χ3n) is 4.05. The predicted octanol–water partition coefficient (Wildman–Crippen LogP) is 2.17. The summed E-state index contributed by atoms with van der Waals surface area (Å²) in [6.07, 6.45) is 5.54. The van der Waals surface area contributed by atoms with E-state index in [1.807, 2.05) is 0 Å². The fourth-order valence-electron chi connectivity index (χ4n) is 3.00. The van der Waals surface area contributed by atoms with Crippen molar-refractivity contribution >= 4 is 10.9 Å². The number of hydrogen-bond acceptors (Lipinski definition) is 2. The Morgan fingerprint density at radius 3 is 3.11 bits per heavy atom. The highest BCUT2D eigenvalue weighted by molar-refractivity contribution is 5.83. The maximum Gasteiger partial charge on any atom is 0.0586 e. The van der Waals surface area contributed by atoms with E-state index in [9.17, 15) is 5.11 Å². The van der Waals surface area contributed by atoms with Gasteiger partial charge in [-0.1, -0.05) is 18.2 Å². The third-order valence-corrected chi connectivity index (χ3v) is 4.05. The molecule has 1 atom stereocenters. The van der Waals surface area contributed by atoms with E-state index in [1.54, 1.807) is 0 Å². The average molecular weight is 244 g/mol. The molecule has 0 radical (unpaired) electrons. The SMILES string of the molecule is OC[C@H]1CCCN1CCc1c[nH]c2ccccc12. The van der Waals surface area contributed by atoms with Crippen LogP contribution in [-0.4, -0.2) is 40.7 Å². The smallest absolute Gasteiger partial charge is 0.0586 e. The zero-order chi connectivity index (χ0) is 12.4. The van der Waals surface area contributed by atoms with Gasteiger partial charge in [0, 0.05) is 29.7 Å². The molecule has 0 bridgehead atoms. The Hall–Kier alpha value is -1.32. The summed E-state index contributed by atoms with van der Waals surface area (Å²) in [5.74, 6) is 0. The maximum atomic E-state index is 9.32. The number of benzene rings is 1. The second-order valence-electron chi connectivity index (χ2n) is 5.12. The van der Waals surface area contributed by atoms with E-state index in [0.29, 0.717) is 12.6 Å². The largest absolute Gasteiger partial charge is 0.395 e. The number of rotatable bonds is 4. The number of aliphatic hydroxyl groups is 1. The minimum Gasteiger partial charge on any atom is -0.395 e. The molecule has 0 spiro atoms. The molecule has 1 saturated heterocycles. The van der Waals surface area contributed by atoms with E-state index in [1.165, 1.54) is 22.9 Å². The number of fused-ring (bicyclic) bond motifs is 1. The fraction of sp³-hybridized carbons (Fsp3) is 0.467. The van der Waals surface area contributed by atoms with Gasteiger partial charge in [-0.15, -0.1) is 0 Å². The van der Waals surface area contributed by atoms with Gasteiger partial charge in [0.05, 0.1) is 6.61 Å². The van der Waals surface area contributed by atoms with Gasteiger partial charge in [0.2, 0.25) is 0 Å². The minimum atomic E-state index is 0.299. The second kappa shape index (κ2) is 5.12. The summed E-state index contributed by atoms with van der Waals surface area (Å²) < 4.78 is 0. The Kier molecular flexibility index (Phi) is 3.35. The number of hydrogen-bond donors (Lipinski definition) is 2. The first-order valence-electron chi connectivity index (χ1n) is 6.78. The monoisotopic (exact) mass is 244 g/mol. The summed E-state index contributed by atoms with van der Waals surface area (Å²) in [5.41, 5.74) is 2.60. The molecule has 1 fully saturated rings. The van der Waals surface area contributed by atoms with Crippen molar-refractivity contribution in [2.75, 3.05) is 19.7 Å². The lowest BCUT2D eigenvalue weighted by Crippen LogP contribution is -2.33. The van der Waals surface area contributed by atoms with E-state index < -0.39 is 0 Å². The normalized spacial score (nSPS) is 20.8. The number of aromatic amines is 1. The van der Waals surface area contributed by atoms with Crippen molar-refractivity contribution in [2.24, 2.45) is 0 Å². The molecule has 18 heavy (non-hydrogen) atoms. The summed E-state index contributed by atoms with van der Waals surface area (Å²) in [4.78, 5) is 5.74. The lowest BCUT2D eigenvalue weighted by atomic mass is 10.1. The fourth-order valence-corrected chi connectivity index (χ4v) is 3.00. The van der Waals surface area contributed by atoms with Crippen LogP contribution in [0.15, 0.2) is 30.5 Å². The van der Waals surface area contributed by atoms with Crippen LogP contribution in [0.2, 0.25) is 0 Å². The van der Waals surface area contributed by atoms with Crippen molar-refractivity contribution in [3.05, 3.63) is 36.0 Å². The van der Waals surface area contributed by atoms with Crippen molar-refractivity contribution < 1.29 is 5.11 Å². The molecule has 3 heteroatoms. The van der Waals surface area contributed by atoms with Crippen molar-refractivity contribution in [3.63, 3.8) is 0 Å². The van der Waals surface area contributed by atoms with Crippen molar-refractivity contribution in [2.45, 2.75) is 25.3 Å². The van der Waals surface area contributed by atoms with Crippen LogP contribution in [0.25, 0.3) is 10.9 Å². The first-order valence-corrected chi connectivity index (χ1v) is 6.78. The van der Waals surface area contributed by atoms with Crippen LogP contribution >= 0.6 is 0 Å². The Morgan fingerprint density at radius 2 is 2.22 bits per heavy atom. The summed E-state index contributed by atoms with van der Waals surface area (Å²) >= 11 is 0. The molecule has 1 aliphatic rings. The van der Waals surface area contributed by atoms with Crippen LogP contribution in [0.4, 0.5) is 0 Å². The van der Waals surface area contributed by atoms with Crippen LogP contribution in [0, 0.1) is 0 Å². The van der Waals surface area contributed by atoms with Crippen molar-refractivity contribution in [1.29, 1.82) is 0 Å². The maximum absolute atomic E-state index is 9.32. The van der Waals surface area contributed by atoms with Crippen LogP contribution in [0.1, 0.15) is 18.4 Å². The molecule has 3 rings (SSSR count). The minimum absolute atomic E-state index is 0.299. The molecule has 2 heterocycles. The number of nitrogens with one attached hydrogen (secondary N) is 1. The van der Waals surface area contributed by atoms with Gasteiger partial charge >= 0.3 is 0 Å². The third kappa shape index (κ3) is 2.16. The van der Waals surface area contributed by atoms with E-state index in [0.717, 1.165) is 25.9 Å². The highest BCUT2D eigenvalue weighted by Gasteiger charge is 2.23. The quantitative estimate of drug-likeness (QED) is 0.865. The highest BCUT2D eigenvalue weighted by atomic mass is 16.3. The summed E-state index contributed by atoms with van der Waals surface area (Å²) in [6.45, 7) is 2.48. The molecule has 96 valence electrons. The molecule has 1 aliphatic heterocycles. The molecule has 1 aromatic carbocycles. The van der Waals surface area contributed by atoms with Gasteiger partial charge in [-0.05, 0) is 37.4 Å². The first kappa shape index (κ1) is 11.8. The van der Waals surface area contributed by atoms with Gasteiger partial charge in [0.1, 0.15) is 0 Å². The lowest BCUT2D eigenvalue weighted by Gasteiger charge is -2.22. The molecule has 0 unspecified atom stereocenters. The van der Waals surface area contributed by atoms with E-state index >= 15 is 0 Å². The first-order chi connectivity index (χ1) is 8.88. The number of aromatic nitrogens is 1. The second-order valence-corrected chi connectivity index (χ2v) is 5.12. The Labute approximate surface area is 107 Å². The average Bonchev–Trinajstić information content (AvgIpc) is 3.02. The molecule has 2 N–H and O–H groups in total. The van der Waals surface area contributed by atoms with Gasteiger partial charge in [-0.2, -0.15) is 0 Å². The zero-order valence-electron chi connectivity index (χ0n) is 10.6. The Morgan fingerprint density at radius 1 is 1.33 bits per heavy atom. The molecule has 0 amide bonds. The number of aliphatic hydroxyl groups excluding tert-OH is 1. The summed E-state index contributed by atoms with van der Waals surface area (Å²) in [5, 5.41) is 10.6. The van der Waals surface area contributed by atoms with Gasteiger partial charge in [0.15, 0.2) is 0 Å². The van der Waals surface area contributed by atoms with Crippen LogP contribution in [0.5, 0.6) is 0 Å². The molecule has 0 saturated carbocycles. The lowest BCUT2D eigenvalue weighted by molar-refractivity contribution is 0.160. The predicted molar refractivity (Wildman–Crippen MR) is 73.7 cm³/mol. The van der Waals surface area contributed by atoms with Crippen molar-refractivity contribution in [1.82, 2.24) is 9.88 Å². The Balaban J connectivity index is 1.69. The Bertz CT molecular complexity index is 520. The van der Waals surface area contributed by atoms with Crippen molar-refractivity contribution in [3.8, 4) is 0 Å². The molecule has 0 aliphatic carbocycles. The topological polar surface area (TPSA) is 39.3 Å². The van der Waals surface area contributed by atoms with E-state index in [4.69, 9.17) is 0 Å². The van der Waals surface area contributed by atoms with Crippen LogP contribution in [-0.2, 0) is 6.42 Å². The van der Waals surface area contributed by atoms with Gasteiger partial charge < -0.3 is 10.1 Å². The van der Waals surface area contributed by atoms with Crippen LogP contribution in [0.3, 0.4) is 0 Å². The zero-order valence-corrected chi connectivity index (χ0v) is 10.6. The van der Waals surface area contributed by atoms with Gasteiger partial charge in [0.25, 0.3) is 0 Å². The standard InChI is InChI=1S/C15H20N2O/c18-11-13-4-3-8-17(13)9-7-12-10-16-15-6-2-1-5-14(12)15/h1-2,5-6,10,13,16,18H,3-4,7-9,11H2/t13-/m1/s1. The summed E-state index contributed by atoms with van der Waals surface area (Å²) in [6, 6.07) is 8.83. The molecule has 1 aromatic heterocycles. The molecule has 2 aromatic rings. The number of nitrogens with zero attached hydrogens (tertiary/aromatic N) is 1.